The Morgan fingerprint density at radius 2 is 1.35 bits per heavy atom. The fourth-order valence-corrected chi connectivity index (χ4v) is 5.61. The number of nitrogens with zero attached hydrogens (tertiary/aromatic N) is 2. The molecule has 5 aromatic rings. The largest absolute Gasteiger partial charge is 0.496 e. The van der Waals surface area contributed by atoms with E-state index in [4.69, 9.17) is 19.4 Å². The summed E-state index contributed by atoms with van der Waals surface area (Å²) in [5.74, 6) is 1.04. The van der Waals surface area contributed by atoms with E-state index in [1.54, 1.807) is 7.11 Å². The van der Waals surface area contributed by atoms with Gasteiger partial charge in [0.2, 0.25) is 0 Å². The van der Waals surface area contributed by atoms with Crippen LogP contribution in [0.5, 0.6) is 11.5 Å². The molecule has 4 aromatic carbocycles. The Hall–Kier alpha value is -4.51. The zero-order valence-electron chi connectivity index (χ0n) is 21.2. The van der Waals surface area contributed by atoms with Gasteiger partial charge in [-0.15, -0.1) is 0 Å². The number of ether oxygens (including phenoxy) is 2. The highest BCUT2D eigenvalue weighted by molar-refractivity contribution is 5.87. The summed E-state index contributed by atoms with van der Waals surface area (Å²) in [6.07, 6.45) is 0. The van der Waals surface area contributed by atoms with E-state index >= 15 is 0 Å². The Morgan fingerprint density at radius 1 is 0.757 bits per heavy atom. The molecule has 5 nitrogen and oxygen atoms in total. The minimum atomic E-state index is -0.723. The molecule has 182 valence electrons. The summed E-state index contributed by atoms with van der Waals surface area (Å²) in [6, 6.07) is 28.7. The molecule has 1 aromatic heterocycles. The molecule has 5 heteroatoms. The highest BCUT2D eigenvalue weighted by Crippen LogP contribution is 2.55. The van der Waals surface area contributed by atoms with Gasteiger partial charge in [-0.3, -0.25) is 4.79 Å². The second kappa shape index (κ2) is 8.56. The van der Waals surface area contributed by atoms with Crippen molar-refractivity contribution in [3.63, 3.8) is 0 Å². The first-order chi connectivity index (χ1) is 17.9. The first-order valence-corrected chi connectivity index (χ1v) is 12.2. The molecular weight excluding hydrogens is 460 g/mol. The van der Waals surface area contributed by atoms with Gasteiger partial charge in [-0.2, -0.15) is 0 Å². The number of hydrogen-bond acceptors (Lipinski definition) is 5. The lowest BCUT2D eigenvalue weighted by molar-refractivity contribution is -0.131. The topological polar surface area (TPSA) is 61.3 Å². The SMILES string of the molecule is COc1ccc(C2(c3ccc(OC(C)=O)c(C)c3)c3ccccc3-c3nc4ccccc4nc32)cc1C. The van der Waals surface area contributed by atoms with E-state index in [0.29, 0.717) is 5.75 Å². The maximum atomic E-state index is 11.7. The van der Waals surface area contributed by atoms with Crippen molar-refractivity contribution in [2.75, 3.05) is 7.11 Å². The van der Waals surface area contributed by atoms with Crippen LogP contribution in [0.15, 0.2) is 84.9 Å². The number of methoxy groups -OCH3 is 1. The Balaban J connectivity index is 1.74. The zero-order valence-corrected chi connectivity index (χ0v) is 21.2. The second-order valence-corrected chi connectivity index (χ2v) is 9.46. The Bertz CT molecular complexity index is 1710. The molecule has 1 heterocycles. The summed E-state index contributed by atoms with van der Waals surface area (Å²) in [7, 11) is 1.69. The van der Waals surface area contributed by atoms with Gasteiger partial charge in [-0.1, -0.05) is 60.7 Å². The van der Waals surface area contributed by atoms with E-state index in [2.05, 4.69) is 43.3 Å². The van der Waals surface area contributed by atoms with Crippen LogP contribution < -0.4 is 9.47 Å². The van der Waals surface area contributed by atoms with Crippen LogP contribution in [0.4, 0.5) is 0 Å². The number of carbonyl (C=O) groups is 1. The molecule has 37 heavy (non-hydrogen) atoms. The lowest BCUT2D eigenvalue weighted by Gasteiger charge is -2.33. The molecule has 0 amide bonds. The number of rotatable bonds is 4. The third kappa shape index (κ3) is 3.42. The van der Waals surface area contributed by atoms with Crippen LogP contribution in [-0.4, -0.2) is 23.0 Å². The van der Waals surface area contributed by atoms with Crippen LogP contribution >= 0.6 is 0 Å². The standard InChI is InChI=1S/C32H26N2O3/c1-19-17-22(13-15-28(19)36-4)32(23-14-16-29(20(2)18-23)37-21(3)35)25-10-6-5-9-24(25)30-31(32)34-27-12-8-7-11-26(27)33-30/h5-18H,1-4H3. The third-order valence-corrected chi connectivity index (χ3v) is 7.20. The molecule has 6 rings (SSSR count). The van der Waals surface area contributed by atoms with E-state index in [1.165, 1.54) is 6.92 Å². The maximum absolute atomic E-state index is 11.7. The van der Waals surface area contributed by atoms with Crippen molar-refractivity contribution < 1.29 is 14.3 Å². The van der Waals surface area contributed by atoms with Gasteiger partial charge in [0, 0.05) is 12.5 Å². The van der Waals surface area contributed by atoms with Gasteiger partial charge >= 0.3 is 5.97 Å². The van der Waals surface area contributed by atoms with Crippen molar-refractivity contribution in [2.24, 2.45) is 0 Å². The lowest BCUT2D eigenvalue weighted by Crippen LogP contribution is -2.30. The van der Waals surface area contributed by atoms with Gasteiger partial charge in [0.05, 0.1) is 34.9 Å². The monoisotopic (exact) mass is 486 g/mol. The normalized spacial score (nSPS) is 15.8. The average Bonchev–Trinajstić information content (AvgIpc) is 3.18. The fourth-order valence-electron chi connectivity index (χ4n) is 5.61. The van der Waals surface area contributed by atoms with Crippen LogP contribution in [0.3, 0.4) is 0 Å². The molecule has 1 atom stereocenters. The number of carbonyl (C=O) groups excluding carboxylic acids is 1. The Morgan fingerprint density at radius 3 is 1.97 bits per heavy atom. The first kappa shape index (κ1) is 22.9. The number of para-hydroxylation sites is 2. The molecule has 0 N–H and O–H groups in total. The number of hydrogen-bond donors (Lipinski definition) is 0. The van der Waals surface area contributed by atoms with E-state index in [1.807, 2.05) is 55.5 Å². The number of aryl methyl sites for hydroxylation is 2. The summed E-state index contributed by atoms with van der Waals surface area (Å²) in [5.41, 5.74) is 8.93. The number of aromatic nitrogens is 2. The predicted molar refractivity (Wildman–Crippen MR) is 144 cm³/mol. The fraction of sp³-hybridized carbons (Fsp3) is 0.156. The molecule has 1 unspecified atom stereocenters. The quantitative estimate of drug-likeness (QED) is 0.209. The predicted octanol–water partition coefficient (Wildman–Crippen LogP) is 6.54. The van der Waals surface area contributed by atoms with Gasteiger partial charge in [-0.25, -0.2) is 9.97 Å². The van der Waals surface area contributed by atoms with Gasteiger partial charge in [0.25, 0.3) is 0 Å². The molecule has 0 aliphatic heterocycles. The highest BCUT2D eigenvalue weighted by Gasteiger charge is 2.49. The highest BCUT2D eigenvalue weighted by atomic mass is 16.5. The third-order valence-electron chi connectivity index (χ3n) is 7.20. The van der Waals surface area contributed by atoms with Crippen LogP contribution in [0.1, 0.15) is 40.4 Å². The van der Waals surface area contributed by atoms with E-state index in [9.17, 15) is 4.79 Å². The van der Waals surface area contributed by atoms with Crippen LogP contribution in [0, 0.1) is 13.8 Å². The number of benzene rings is 4. The van der Waals surface area contributed by atoms with Crippen LogP contribution in [-0.2, 0) is 10.2 Å². The molecular formula is C32H26N2O3. The number of fused-ring (bicyclic) bond motifs is 4. The van der Waals surface area contributed by atoms with Crippen molar-refractivity contribution >= 4 is 17.0 Å². The van der Waals surface area contributed by atoms with Gasteiger partial charge in [-0.05, 0) is 65.9 Å². The molecule has 0 bridgehead atoms. The average molecular weight is 487 g/mol. The molecule has 1 aliphatic rings. The van der Waals surface area contributed by atoms with Crippen molar-refractivity contribution in [1.82, 2.24) is 9.97 Å². The summed E-state index contributed by atoms with van der Waals surface area (Å²) in [4.78, 5) is 22.1. The summed E-state index contributed by atoms with van der Waals surface area (Å²) >= 11 is 0. The number of esters is 1. The summed E-state index contributed by atoms with van der Waals surface area (Å²) in [6.45, 7) is 5.43. The molecule has 1 aliphatic carbocycles. The minimum Gasteiger partial charge on any atom is -0.496 e. The van der Waals surface area contributed by atoms with Crippen LogP contribution in [0.2, 0.25) is 0 Å². The van der Waals surface area contributed by atoms with E-state index < -0.39 is 5.41 Å². The molecule has 0 radical (unpaired) electrons. The van der Waals surface area contributed by atoms with Crippen molar-refractivity contribution in [3.8, 4) is 22.8 Å². The van der Waals surface area contributed by atoms with Gasteiger partial charge in [0.15, 0.2) is 0 Å². The second-order valence-electron chi connectivity index (χ2n) is 9.46. The van der Waals surface area contributed by atoms with Crippen molar-refractivity contribution in [2.45, 2.75) is 26.2 Å². The smallest absolute Gasteiger partial charge is 0.308 e. The van der Waals surface area contributed by atoms with E-state index in [0.717, 1.165) is 61.6 Å². The minimum absolute atomic E-state index is 0.342. The maximum Gasteiger partial charge on any atom is 0.308 e. The molecule has 0 saturated carbocycles. The molecule has 0 fully saturated rings. The molecule has 0 saturated heterocycles. The Kier molecular flexibility index (Phi) is 5.30. The Labute approximate surface area is 215 Å². The zero-order chi connectivity index (χ0) is 25.7. The van der Waals surface area contributed by atoms with Gasteiger partial charge < -0.3 is 9.47 Å². The van der Waals surface area contributed by atoms with Crippen LogP contribution in [0.25, 0.3) is 22.3 Å². The lowest BCUT2D eigenvalue weighted by atomic mass is 9.69. The summed E-state index contributed by atoms with van der Waals surface area (Å²) in [5, 5.41) is 0. The van der Waals surface area contributed by atoms with E-state index in [-0.39, 0.29) is 5.97 Å². The first-order valence-electron chi connectivity index (χ1n) is 12.2. The molecule has 0 spiro atoms. The van der Waals surface area contributed by atoms with Crippen molar-refractivity contribution in [3.05, 3.63) is 118 Å². The summed E-state index contributed by atoms with van der Waals surface area (Å²) < 4.78 is 11.1. The van der Waals surface area contributed by atoms with Gasteiger partial charge in [0.1, 0.15) is 11.5 Å². The van der Waals surface area contributed by atoms with Crippen molar-refractivity contribution in [1.29, 1.82) is 0 Å².